The molecule has 1 radical (unpaired) electrons. The van der Waals surface area contributed by atoms with Gasteiger partial charge in [0.2, 0.25) is 0 Å². The van der Waals surface area contributed by atoms with Gasteiger partial charge in [0.1, 0.15) is 0 Å². The van der Waals surface area contributed by atoms with E-state index >= 15 is 0 Å². The smallest absolute Gasteiger partial charge is 0.0760 e. The van der Waals surface area contributed by atoms with Crippen LogP contribution in [-0.2, 0) is 0 Å². The van der Waals surface area contributed by atoms with Crippen LogP contribution in [0.25, 0.3) is 0 Å². The van der Waals surface area contributed by atoms with E-state index in [-0.39, 0.29) is 0 Å². The van der Waals surface area contributed by atoms with Gasteiger partial charge in [-0.25, -0.2) is 0 Å². The summed E-state index contributed by atoms with van der Waals surface area (Å²) in [6, 6.07) is 2.31. The zero-order chi connectivity index (χ0) is 9.90. The Morgan fingerprint density at radius 3 is 2.31 bits per heavy atom. The Labute approximate surface area is 82.1 Å². The molecule has 1 nitrogen and oxygen atoms in total. The van der Waals surface area contributed by atoms with Gasteiger partial charge in [0.25, 0.3) is 0 Å². The topological polar surface area (TPSA) is 23.8 Å². The summed E-state index contributed by atoms with van der Waals surface area (Å²) in [4.78, 5) is 0. The molecule has 1 saturated carbocycles. The van der Waals surface area contributed by atoms with Crippen molar-refractivity contribution in [2.24, 2.45) is 11.3 Å². The summed E-state index contributed by atoms with van der Waals surface area (Å²) in [5.41, 5.74) is 0.473. The van der Waals surface area contributed by atoms with Crippen molar-refractivity contribution in [2.45, 2.75) is 52.9 Å². The maximum atomic E-state index is 8.75. The van der Waals surface area contributed by atoms with Gasteiger partial charge in [-0.15, -0.1) is 0 Å². The van der Waals surface area contributed by atoms with Gasteiger partial charge in [-0.2, -0.15) is 5.26 Å². The van der Waals surface area contributed by atoms with E-state index in [0.29, 0.717) is 5.41 Å². The maximum Gasteiger partial charge on any atom is 0.0760 e. The molecule has 0 aliphatic heterocycles. The second-order valence-corrected chi connectivity index (χ2v) is 4.83. The lowest BCUT2D eigenvalue weighted by molar-refractivity contribution is 0.162. The third-order valence-corrected chi connectivity index (χ3v) is 3.76. The first kappa shape index (κ1) is 10.6. The fourth-order valence-electron chi connectivity index (χ4n) is 2.15. The van der Waals surface area contributed by atoms with E-state index in [4.69, 9.17) is 5.26 Å². The lowest BCUT2D eigenvalue weighted by atomic mass is 9.68. The van der Waals surface area contributed by atoms with E-state index in [1.54, 1.807) is 0 Å². The quantitative estimate of drug-likeness (QED) is 0.632. The van der Waals surface area contributed by atoms with E-state index < -0.39 is 0 Å². The fraction of sp³-hybridized carbons (Fsp3) is 0.833. The lowest BCUT2D eigenvalue weighted by Crippen LogP contribution is -2.27. The Bertz CT molecular complexity index is 192. The van der Waals surface area contributed by atoms with Crippen LogP contribution in [-0.4, -0.2) is 0 Å². The highest BCUT2D eigenvalue weighted by atomic mass is 14.4. The Morgan fingerprint density at radius 1 is 1.38 bits per heavy atom. The van der Waals surface area contributed by atoms with Gasteiger partial charge in [0, 0.05) is 0 Å². The molecular weight excluding hydrogens is 158 g/mol. The normalized spacial score (nSPS) is 21.4. The third-order valence-electron chi connectivity index (χ3n) is 3.76. The second-order valence-electron chi connectivity index (χ2n) is 4.83. The van der Waals surface area contributed by atoms with Crippen molar-refractivity contribution in [1.82, 2.24) is 0 Å². The molecule has 1 aliphatic carbocycles. The number of hydrogen-bond donors (Lipinski definition) is 0. The summed E-state index contributed by atoms with van der Waals surface area (Å²) in [5, 5.41) is 8.75. The molecule has 1 heteroatoms. The van der Waals surface area contributed by atoms with Crippen LogP contribution in [0.3, 0.4) is 0 Å². The van der Waals surface area contributed by atoms with Crippen molar-refractivity contribution < 1.29 is 0 Å². The fourth-order valence-corrected chi connectivity index (χ4v) is 2.15. The van der Waals surface area contributed by atoms with E-state index in [2.05, 4.69) is 26.8 Å². The van der Waals surface area contributed by atoms with Gasteiger partial charge >= 0.3 is 0 Å². The SMILES string of the molecule is CCC(C)(C)C1CC[C](C#N)CC1. The molecule has 1 aliphatic rings. The zero-order valence-electron chi connectivity index (χ0n) is 9.06. The molecule has 0 N–H and O–H groups in total. The van der Waals surface area contributed by atoms with E-state index in [1.807, 2.05) is 0 Å². The van der Waals surface area contributed by atoms with Gasteiger partial charge in [-0.05, 0) is 37.0 Å². The van der Waals surface area contributed by atoms with Crippen molar-refractivity contribution >= 4 is 0 Å². The lowest BCUT2D eigenvalue weighted by Gasteiger charge is -2.37. The van der Waals surface area contributed by atoms with Crippen LogP contribution < -0.4 is 0 Å². The highest BCUT2D eigenvalue weighted by molar-refractivity contribution is 5.13. The van der Waals surface area contributed by atoms with Crippen LogP contribution in [0.1, 0.15) is 52.9 Å². The summed E-state index contributed by atoms with van der Waals surface area (Å²) >= 11 is 0. The number of nitrogens with zero attached hydrogens (tertiary/aromatic N) is 1. The van der Waals surface area contributed by atoms with Gasteiger partial charge in [-0.3, -0.25) is 0 Å². The van der Waals surface area contributed by atoms with Gasteiger partial charge in [0.05, 0.1) is 12.0 Å². The first-order chi connectivity index (χ1) is 6.10. The van der Waals surface area contributed by atoms with Crippen LogP contribution in [0.5, 0.6) is 0 Å². The molecule has 0 saturated heterocycles. The molecule has 0 aromatic carbocycles. The van der Waals surface area contributed by atoms with Crippen molar-refractivity contribution in [3.8, 4) is 6.07 Å². The van der Waals surface area contributed by atoms with Gasteiger partial charge in [0.15, 0.2) is 0 Å². The monoisotopic (exact) mass is 178 g/mol. The highest BCUT2D eigenvalue weighted by Gasteiger charge is 2.31. The van der Waals surface area contributed by atoms with Gasteiger partial charge < -0.3 is 0 Å². The number of hydrogen-bond acceptors (Lipinski definition) is 1. The molecule has 0 unspecified atom stereocenters. The van der Waals surface area contributed by atoms with Crippen LogP contribution >= 0.6 is 0 Å². The summed E-state index contributed by atoms with van der Waals surface area (Å²) in [7, 11) is 0. The predicted molar refractivity (Wildman–Crippen MR) is 54.9 cm³/mol. The summed E-state index contributed by atoms with van der Waals surface area (Å²) in [6.07, 6.45) is 5.79. The molecule has 1 fully saturated rings. The molecule has 0 aromatic heterocycles. The second kappa shape index (κ2) is 4.13. The first-order valence-electron chi connectivity index (χ1n) is 5.35. The predicted octanol–water partition coefficient (Wildman–Crippen LogP) is 3.71. The maximum absolute atomic E-state index is 8.75. The number of rotatable bonds is 2. The number of nitriles is 1. The van der Waals surface area contributed by atoms with Crippen LogP contribution in [0.15, 0.2) is 0 Å². The molecule has 73 valence electrons. The minimum absolute atomic E-state index is 0.473. The van der Waals surface area contributed by atoms with E-state index in [1.165, 1.54) is 19.3 Å². The Morgan fingerprint density at radius 2 is 1.92 bits per heavy atom. The minimum Gasteiger partial charge on any atom is -0.198 e. The summed E-state index contributed by atoms with van der Waals surface area (Å²) < 4.78 is 0. The minimum atomic E-state index is 0.473. The molecule has 13 heavy (non-hydrogen) atoms. The van der Waals surface area contributed by atoms with Crippen LogP contribution in [0.2, 0.25) is 0 Å². The van der Waals surface area contributed by atoms with E-state index in [0.717, 1.165) is 24.7 Å². The molecule has 1 rings (SSSR count). The highest BCUT2D eigenvalue weighted by Crippen LogP contribution is 2.42. The Kier molecular flexibility index (Phi) is 3.36. The van der Waals surface area contributed by atoms with E-state index in [9.17, 15) is 0 Å². The summed E-state index contributed by atoms with van der Waals surface area (Å²) in [6.45, 7) is 6.98. The largest absolute Gasteiger partial charge is 0.198 e. The first-order valence-corrected chi connectivity index (χ1v) is 5.35. The van der Waals surface area contributed by atoms with Crippen molar-refractivity contribution in [2.75, 3.05) is 0 Å². The van der Waals surface area contributed by atoms with Crippen LogP contribution in [0, 0.1) is 28.6 Å². The molecular formula is C12H20N. The Balaban J connectivity index is 2.46. The van der Waals surface area contributed by atoms with Gasteiger partial charge in [-0.1, -0.05) is 27.2 Å². The standard InChI is InChI=1S/C12H20N/c1-4-12(2,3)11-7-5-10(9-13)6-8-11/h11H,4-8H2,1-3H3. The zero-order valence-corrected chi connectivity index (χ0v) is 9.06. The summed E-state index contributed by atoms with van der Waals surface area (Å²) in [5.74, 6) is 1.94. The molecule has 0 spiro atoms. The Hall–Kier alpha value is -0.510. The van der Waals surface area contributed by atoms with Crippen molar-refractivity contribution in [3.63, 3.8) is 0 Å². The molecule has 0 bridgehead atoms. The van der Waals surface area contributed by atoms with Crippen molar-refractivity contribution in [1.29, 1.82) is 5.26 Å². The molecule has 0 atom stereocenters. The molecule has 0 heterocycles. The average Bonchev–Trinajstić information content (AvgIpc) is 2.18. The average molecular weight is 178 g/mol. The molecule has 0 amide bonds. The van der Waals surface area contributed by atoms with Crippen molar-refractivity contribution in [3.05, 3.63) is 5.92 Å². The molecule has 0 aromatic rings. The van der Waals surface area contributed by atoms with Crippen LogP contribution in [0.4, 0.5) is 0 Å². The third kappa shape index (κ3) is 2.46.